The maximum atomic E-state index is 8.94. The molecule has 0 spiro atoms. The molecule has 0 amide bonds. The van der Waals surface area contributed by atoms with E-state index in [-0.39, 0.29) is 0 Å². The molecule has 1 atom stereocenters. The van der Waals surface area contributed by atoms with Crippen molar-refractivity contribution in [2.75, 3.05) is 30.5 Å². The molecule has 1 aliphatic heterocycles. The van der Waals surface area contributed by atoms with Gasteiger partial charge in [-0.2, -0.15) is 5.26 Å². The number of nitrogens with zero attached hydrogens (tertiary/aromatic N) is 3. The SMILES string of the molecule is COC[C@@H]1CCCN1c1cc(C)nc2cc(Nc3ccc(C#N)cc3)ccc12. The minimum Gasteiger partial charge on any atom is -0.383 e. The number of aromatic nitrogens is 1. The first kappa shape index (κ1) is 18.3. The van der Waals surface area contributed by atoms with Crippen molar-refractivity contribution in [1.82, 2.24) is 4.98 Å². The third-order valence-corrected chi connectivity index (χ3v) is 5.26. The molecule has 0 unspecified atom stereocenters. The zero-order valence-electron chi connectivity index (χ0n) is 16.3. The van der Waals surface area contributed by atoms with Crippen LogP contribution in [-0.4, -0.2) is 31.3 Å². The van der Waals surface area contributed by atoms with Gasteiger partial charge >= 0.3 is 0 Å². The fourth-order valence-corrected chi connectivity index (χ4v) is 3.97. The van der Waals surface area contributed by atoms with E-state index in [4.69, 9.17) is 15.0 Å². The van der Waals surface area contributed by atoms with E-state index >= 15 is 0 Å². The Morgan fingerprint density at radius 2 is 1.96 bits per heavy atom. The fourth-order valence-electron chi connectivity index (χ4n) is 3.97. The van der Waals surface area contributed by atoms with Gasteiger partial charge in [0.05, 0.1) is 29.8 Å². The van der Waals surface area contributed by atoms with E-state index in [1.165, 1.54) is 17.5 Å². The lowest BCUT2D eigenvalue weighted by Gasteiger charge is -2.28. The van der Waals surface area contributed by atoms with Gasteiger partial charge in [0.2, 0.25) is 0 Å². The molecule has 1 aliphatic rings. The number of hydrogen-bond acceptors (Lipinski definition) is 5. The summed E-state index contributed by atoms with van der Waals surface area (Å²) in [7, 11) is 1.77. The number of benzene rings is 2. The zero-order chi connectivity index (χ0) is 19.5. The Labute approximate surface area is 165 Å². The lowest BCUT2D eigenvalue weighted by atomic mass is 10.1. The Bertz CT molecular complexity index is 1020. The molecule has 28 heavy (non-hydrogen) atoms. The predicted molar refractivity (Wildman–Crippen MR) is 113 cm³/mol. The van der Waals surface area contributed by atoms with Gasteiger partial charge in [0.15, 0.2) is 0 Å². The highest BCUT2D eigenvalue weighted by molar-refractivity contribution is 5.94. The van der Waals surface area contributed by atoms with E-state index < -0.39 is 0 Å². The van der Waals surface area contributed by atoms with Crippen LogP contribution in [0, 0.1) is 18.3 Å². The zero-order valence-corrected chi connectivity index (χ0v) is 16.3. The first-order chi connectivity index (χ1) is 13.7. The summed E-state index contributed by atoms with van der Waals surface area (Å²) in [6, 6.07) is 18.5. The van der Waals surface area contributed by atoms with Crippen LogP contribution in [0.15, 0.2) is 48.5 Å². The van der Waals surface area contributed by atoms with Gasteiger partial charge in [0, 0.05) is 41.8 Å². The topological polar surface area (TPSA) is 61.2 Å². The number of nitriles is 1. The summed E-state index contributed by atoms with van der Waals surface area (Å²) in [5, 5.41) is 13.5. The molecule has 2 aromatic carbocycles. The second-order valence-corrected chi connectivity index (χ2v) is 7.27. The first-order valence-corrected chi connectivity index (χ1v) is 9.62. The molecule has 3 aromatic rings. The van der Waals surface area contributed by atoms with E-state index in [0.29, 0.717) is 11.6 Å². The molecule has 0 radical (unpaired) electrons. The van der Waals surface area contributed by atoms with Gasteiger partial charge < -0.3 is 15.0 Å². The molecule has 1 N–H and O–H groups in total. The van der Waals surface area contributed by atoms with Gasteiger partial charge in [-0.1, -0.05) is 0 Å². The standard InChI is InChI=1S/C23H24N4O/c1-16-12-23(27-11-3-4-20(27)15-28-2)21-10-9-19(13-22(21)25-16)26-18-7-5-17(14-24)6-8-18/h5-10,12-13,20,26H,3-4,11,15H2,1-2H3/t20-/m0/s1. The molecule has 1 fully saturated rings. The quantitative estimate of drug-likeness (QED) is 0.699. The average Bonchev–Trinajstić information content (AvgIpc) is 3.16. The van der Waals surface area contributed by atoms with Crippen molar-refractivity contribution < 1.29 is 4.74 Å². The largest absolute Gasteiger partial charge is 0.383 e. The number of hydrogen-bond donors (Lipinski definition) is 1. The molecule has 142 valence electrons. The van der Waals surface area contributed by atoms with Gasteiger partial charge in [0.1, 0.15) is 0 Å². The maximum Gasteiger partial charge on any atom is 0.0991 e. The van der Waals surface area contributed by atoms with Crippen LogP contribution >= 0.6 is 0 Å². The molecule has 1 aromatic heterocycles. The van der Waals surface area contributed by atoms with Crippen molar-refractivity contribution >= 4 is 28.0 Å². The van der Waals surface area contributed by atoms with Crippen LogP contribution in [0.1, 0.15) is 24.1 Å². The molecular weight excluding hydrogens is 348 g/mol. The van der Waals surface area contributed by atoms with E-state index in [1.807, 2.05) is 31.2 Å². The third kappa shape index (κ3) is 3.64. The highest BCUT2D eigenvalue weighted by Gasteiger charge is 2.26. The van der Waals surface area contributed by atoms with Crippen LogP contribution in [0.3, 0.4) is 0 Å². The number of aryl methyl sites for hydroxylation is 1. The Kier molecular flexibility index (Phi) is 5.14. The van der Waals surface area contributed by atoms with Crippen molar-refractivity contribution in [3.05, 3.63) is 59.8 Å². The van der Waals surface area contributed by atoms with Crippen molar-refractivity contribution in [1.29, 1.82) is 5.26 Å². The second-order valence-electron chi connectivity index (χ2n) is 7.27. The Hall–Kier alpha value is -3.10. The minimum atomic E-state index is 0.423. The van der Waals surface area contributed by atoms with E-state index in [2.05, 4.69) is 40.6 Å². The van der Waals surface area contributed by atoms with Crippen molar-refractivity contribution in [3.8, 4) is 6.07 Å². The Morgan fingerprint density at radius 1 is 1.18 bits per heavy atom. The molecule has 4 rings (SSSR count). The van der Waals surface area contributed by atoms with Crippen LogP contribution in [-0.2, 0) is 4.74 Å². The fraction of sp³-hybridized carbons (Fsp3) is 0.304. The molecule has 2 heterocycles. The number of nitrogens with one attached hydrogen (secondary N) is 1. The van der Waals surface area contributed by atoms with Crippen LogP contribution in [0.2, 0.25) is 0 Å². The summed E-state index contributed by atoms with van der Waals surface area (Å²) in [6.45, 7) is 3.85. The van der Waals surface area contributed by atoms with Gasteiger partial charge in [-0.3, -0.25) is 4.98 Å². The molecule has 0 saturated carbocycles. The van der Waals surface area contributed by atoms with E-state index in [0.717, 1.165) is 42.2 Å². The maximum absolute atomic E-state index is 8.94. The molecule has 1 saturated heterocycles. The Balaban J connectivity index is 1.67. The summed E-state index contributed by atoms with van der Waals surface area (Å²) in [5.74, 6) is 0. The number of ether oxygens (including phenoxy) is 1. The number of anilines is 3. The summed E-state index contributed by atoms with van der Waals surface area (Å²) < 4.78 is 5.43. The summed E-state index contributed by atoms with van der Waals surface area (Å²) in [5.41, 5.74) is 5.83. The van der Waals surface area contributed by atoms with Crippen molar-refractivity contribution in [2.24, 2.45) is 0 Å². The number of pyridine rings is 1. The molecule has 5 nitrogen and oxygen atoms in total. The number of fused-ring (bicyclic) bond motifs is 1. The smallest absolute Gasteiger partial charge is 0.0991 e. The molecular formula is C23H24N4O. The highest BCUT2D eigenvalue weighted by Crippen LogP contribution is 2.34. The first-order valence-electron chi connectivity index (χ1n) is 9.62. The lowest BCUT2D eigenvalue weighted by Crippen LogP contribution is -2.33. The Morgan fingerprint density at radius 3 is 2.71 bits per heavy atom. The van der Waals surface area contributed by atoms with Gasteiger partial charge in [-0.15, -0.1) is 0 Å². The third-order valence-electron chi connectivity index (χ3n) is 5.26. The van der Waals surface area contributed by atoms with Crippen LogP contribution < -0.4 is 10.2 Å². The minimum absolute atomic E-state index is 0.423. The number of rotatable bonds is 5. The van der Waals surface area contributed by atoms with E-state index in [9.17, 15) is 0 Å². The summed E-state index contributed by atoms with van der Waals surface area (Å²) >= 11 is 0. The lowest BCUT2D eigenvalue weighted by molar-refractivity contribution is 0.181. The molecule has 5 heteroatoms. The normalized spacial score (nSPS) is 16.3. The van der Waals surface area contributed by atoms with Gasteiger partial charge in [0.25, 0.3) is 0 Å². The van der Waals surface area contributed by atoms with Crippen molar-refractivity contribution in [2.45, 2.75) is 25.8 Å². The second kappa shape index (κ2) is 7.87. The predicted octanol–water partition coefficient (Wildman–Crippen LogP) is 4.77. The van der Waals surface area contributed by atoms with Crippen molar-refractivity contribution in [3.63, 3.8) is 0 Å². The molecule has 0 bridgehead atoms. The monoisotopic (exact) mass is 372 g/mol. The summed E-state index contributed by atoms with van der Waals surface area (Å²) in [6.07, 6.45) is 2.35. The summed E-state index contributed by atoms with van der Waals surface area (Å²) in [4.78, 5) is 7.23. The van der Waals surface area contributed by atoms with Crippen LogP contribution in [0.25, 0.3) is 10.9 Å². The van der Waals surface area contributed by atoms with Gasteiger partial charge in [-0.05, 0) is 68.3 Å². The van der Waals surface area contributed by atoms with Gasteiger partial charge in [-0.25, -0.2) is 0 Å². The average molecular weight is 372 g/mol. The van der Waals surface area contributed by atoms with E-state index in [1.54, 1.807) is 7.11 Å². The highest BCUT2D eigenvalue weighted by atomic mass is 16.5. The number of methoxy groups -OCH3 is 1. The molecule has 0 aliphatic carbocycles. The van der Waals surface area contributed by atoms with Crippen LogP contribution in [0.5, 0.6) is 0 Å². The van der Waals surface area contributed by atoms with Crippen LogP contribution in [0.4, 0.5) is 17.1 Å².